The molecule has 142 valence electrons. The molecule has 0 spiro atoms. The van der Waals surface area contributed by atoms with E-state index in [0.29, 0.717) is 42.3 Å². The summed E-state index contributed by atoms with van der Waals surface area (Å²) >= 11 is 0. The van der Waals surface area contributed by atoms with Crippen molar-refractivity contribution in [3.05, 3.63) is 59.0 Å². The van der Waals surface area contributed by atoms with E-state index in [-0.39, 0.29) is 17.3 Å². The van der Waals surface area contributed by atoms with E-state index in [1.807, 2.05) is 24.3 Å². The molecule has 2 aromatic carbocycles. The lowest BCUT2D eigenvalue weighted by molar-refractivity contribution is 0.0336. The number of nitrogens with one attached hydrogen (secondary N) is 1. The molecule has 1 saturated heterocycles. The van der Waals surface area contributed by atoms with Crippen LogP contribution in [0.5, 0.6) is 11.5 Å². The summed E-state index contributed by atoms with van der Waals surface area (Å²) in [6, 6.07) is 10.9. The van der Waals surface area contributed by atoms with Gasteiger partial charge in [-0.25, -0.2) is 0 Å². The largest absolute Gasteiger partial charge is 0.507 e. The van der Waals surface area contributed by atoms with Gasteiger partial charge in [-0.15, -0.1) is 0 Å². The van der Waals surface area contributed by atoms with Gasteiger partial charge in [0.2, 0.25) is 5.78 Å². The number of morpholine rings is 1. The number of aromatic amines is 1. The van der Waals surface area contributed by atoms with Crippen molar-refractivity contribution in [2.45, 2.75) is 6.54 Å². The molecule has 2 aliphatic rings. The molecule has 0 bridgehead atoms. The van der Waals surface area contributed by atoms with Gasteiger partial charge in [-0.05, 0) is 18.2 Å². The number of H-pyrrole nitrogens is 1. The molecular weight excluding hydrogens is 358 g/mol. The third-order valence-electron chi connectivity index (χ3n) is 5.17. The number of ketones is 1. The Balaban J connectivity index is 1.50. The molecular formula is C21H19N3O4. The smallest absolute Gasteiger partial charge is 0.232 e. The minimum atomic E-state index is -0.203. The van der Waals surface area contributed by atoms with Gasteiger partial charge in [-0.1, -0.05) is 18.2 Å². The van der Waals surface area contributed by atoms with E-state index < -0.39 is 0 Å². The molecule has 0 atom stereocenters. The molecule has 7 nitrogen and oxygen atoms in total. The summed E-state index contributed by atoms with van der Waals surface area (Å²) in [4.78, 5) is 15.0. The molecule has 5 rings (SSSR count). The zero-order valence-electron chi connectivity index (χ0n) is 15.1. The molecule has 3 aromatic rings. The number of para-hydroxylation sites is 1. The lowest BCUT2D eigenvalue weighted by Crippen LogP contribution is -2.35. The Hall–Kier alpha value is -3.16. The fourth-order valence-electron chi connectivity index (χ4n) is 3.65. The number of ether oxygens (including phenoxy) is 2. The minimum Gasteiger partial charge on any atom is -0.507 e. The van der Waals surface area contributed by atoms with Gasteiger partial charge in [0.15, 0.2) is 5.76 Å². The number of nitrogens with zero attached hydrogens (tertiary/aromatic N) is 2. The Bertz CT molecular complexity index is 1100. The maximum absolute atomic E-state index is 12.9. The summed E-state index contributed by atoms with van der Waals surface area (Å²) in [6.07, 6.45) is 1.65. The lowest BCUT2D eigenvalue weighted by atomic mass is 10.0. The Morgan fingerprint density at radius 1 is 1.18 bits per heavy atom. The number of phenols is 1. The molecule has 0 radical (unpaired) electrons. The van der Waals surface area contributed by atoms with E-state index in [1.54, 1.807) is 18.2 Å². The van der Waals surface area contributed by atoms with Crippen molar-refractivity contribution in [1.29, 1.82) is 0 Å². The molecule has 1 fully saturated rings. The second kappa shape index (κ2) is 6.78. The third-order valence-corrected chi connectivity index (χ3v) is 5.17. The van der Waals surface area contributed by atoms with Gasteiger partial charge in [-0.3, -0.25) is 14.8 Å². The van der Waals surface area contributed by atoms with Crippen molar-refractivity contribution in [1.82, 2.24) is 15.1 Å². The summed E-state index contributed by atoms with van der Waals surface area (Å²) in [6.45, 7) is 3.38. The van der Waals surface area contributed by atoms with Crippen LogP contribution in [0, 0.1) is 0 Å². The van der Waals surface area contributed by atoms with Gasteiger partial charge in [0, 0.05) is 31.1 Å². The molecule has 2 N–H and O–H groups in total. The van der Waals surface area contributed by atoms with E-state index in [9.17, 15) is 9.90 Å². The van der Waals surface area contributed by atoms with Crippen molar-refractivity contribution >= 4 is 22.8 Å². The summed E-state index contributed by atoms with van der Waals surface area (Å²) in [5.41, 5.74) is 2.63. The van der Waals surface area contributed by atoms with Gasteiger partial charge in [0.05, 0.1) is 35.6 Å². The summed E-state index contributed by atoms with van der Waals surface area (Å²) in [7, 11) is 0. The van der Waals surface area contributed by atoms with Gasteiger partial charge in [0.1, 0.15) is 11.5 Å². The highest BCUT2D eigenvalue weighted by Gasteiger charge is 2.32. The normalized spacial score (nSPS) is 18.6. The summed E-state index contributed by atoms with van der Waals surface area (Å²) in [5.74, 6) is 0.568. The van der Waals surface area contributed by atoms with Crippen molar-refractivity contribution in [2.24, 2.45) is 0 Å². The molecule has 1 aromatic heterocycles. The Morgan fingerprint density at radius 3 is 2.86 bits per heavy atom. The summed E-state index contributed by atoms with van der Waals surface area (Å²) in [5, 5.41) is 18.5. The van der Waals surface area contributed by atoms with Gasteiger partial charge < -0.3 is 14.6 Å². The topological polar surface area (TPSA) is 87.7 Å². The van der Waals surface area contributed by atoms with Crippen LogP contribution in [-0.4, -0.2) is 52.3 Å². The number of aromatic nitrogens is 2. The highest BCUT2D eigenvalue weighted by Crippen LogP contribution is 2.40. The van der Waals surface area contributed by atoms with Crippen molar-refractivity contribution in [3.8, 4) is 11.5 Å². The van der Waals surface area contributed by atoms with Crippen LogP contribution >= 0.6 is 0 Å². The van der Waals surface area contributed by atoms with E-state index in [4.69, 9.17) is 9.47 Å². The van der Waals surface area contributed by atoms with E-state index in [2.05, 4.69) is 15.1 Å². The number of phenolic OH excluding ortho intramolecular Hbond substituents is 1. The van der Waals surface area contributed by atoms with Crippen LogP contribution in [0.15, 0.2) is 42.2 Å². The number of benzene rings is 2. The van der Waals surface area contributed by atoms with Crippen LogP contribution in [0.25, 0.3) is 17.0 Å². The van der Waals surface area contributed by atoms with E-state index in [1.165, 1.54) is 0 Å². The highest BCUT2D eigenvalue weighted by atomic mass is 16.5. The first-order valence-corrected chi connectivity index (χ1v) is 9.23. The Labute approximate surface area is 161 Å². The molecule has 0 amide bonds. The SMILES string of the molecule is O=C1/C(=C/c2n[nH]c3ccccc23)Oc2c1ccc(O)c2CN1CCOCC1. The maximum Gasteiger partial charge on any atom is 0.232 e. The second-order valence-electron chi connectivity index (χ2n) is 6.92. The molecule has 0 aliphatic carbocycles. The van der Waals surface area contributed by atoms with Gasteiger partial charge >= 0.3 is 0 Å². The van der Waals surface area contributed by atoms with Crippen molar-refractivity contribution in [2.75, 3.05) is 26.3 Å². The zero-order chi connectivity index (χ0) is 19.1. The zero-order valence-corrected chi connectivity index (χ0v) is 15.1. The first-order valence-electron chi connectivity index (χ1n) is 9.23. The third kappa shape index (κ3) is 2.85. The number of fused-ring (bicyclic) bond motifs is 2. The number of hydrogen-bond donors (Lipinski definition) is 2. The Kier molecular flexibility index (Phi) is 4.11. The van der Waals surface area contributed by atoms with Crippen LogP contribution in [0.2, 0.25) is 0 Å². The van der Waals surface area contributed by atoms with Crippen molar-refractivity contribution in [3.63, 3.8) is 0 Å². The predicted molar refractivity (Wildman–Crippen MR) is 103 cm³/mol. The van der Waals surface area contributed by atoms with E-state index >= 15 is 0 Å². The number of rotatable bonds is 3. The minimum absolute atomic E-state index is 0.129. The second-order valence-corrected chi connectivity index (χ2v) is 6.92. The van der Waals surface area contributed by atoms with Gasteiger partial charge in [-0.2, -0.15) is 5.10 Å². The number of carbonyl (C=O) groups is 1. The quantitative estimate of drug-likeness (QED) is 0.683. The maximum atomic E-state index is 12.9. The van der Waals surface area contributed by atoms with Crippen molar-refractivity contribution < 1.29 is 19.4 Å². The first kappa shape index (κ1) is 17.0. The lowest BCUT2D eigenvalue weighted by Gasteiger charge is -2.27. The Morgan fingerprint density at radius 2 is 2.00 bits per heavy atom. The predicted octanol–water partition coefficient (Wildman–Crippen LogP) is 2.72. The number of hydrogen-bond acceptors (Lipinski definition) is 6. The molecule has 0 saturated carbocycles. The molecule has 2 aliphatic heterocycles. The van der Waals surface area contributed by atoms with Crippen LogP contribution in [0.3, 0.4) is 0 Å². The van der Waals surface area contributed by atoms with Crippen LogP contribution in [0.1, 0.15) is 21.6 Å². The van der Waals surface area contributed by atoms with Crippen LogP contribution in [-0.2, 0) is 11.3 Å². The molecule has 28 heavy (non-hydrogen) atoms. The number of aromatic hydroxyl groups is 1. The van der Waals surface area contributed by atoms with Crippen LogP contribution < -0.4 is 4.74 Å². The average Bonchev–Trinajstić information content (AvgIpc) is 3.27. The van der Waals surface area contributed by atoms with Crippen LogP contribution in [0.4, 0.5) is 0 Å². The summed E-state index contributed by atoms with van der Waals surface area (Å²) < 4.78 is 11.3. The fourth-order valence-corrected chi connectivity index (χ4v) is 3.65. The van der Waals surface area contributed by atoms with Gasteiger partial charge in [0.25, 0.3) is 0 Å². The molecule has 3 heterocycles. The molecule has 0 unspecified atom stereocenters. The number of allylic oxidation sites excluding steroid dienone is 1. The standard InChI is InChI=1S/C21H19N3O4/c25-18-6-5-14-20(26)19(11-17-13-3-1-2-4-16(13)22-23-17)28-21(14)15(18)12-24-7-9-27-10-8-24/h1-6,11,25H,7-10,12H2,(H,22,23)/b19-11-. The average molecular weight is 377 g/mol. The number of Topliss-reactive ketones (excluding diaryl/α,β-unsaturated/α-hetero) is 1. The van der Waals surface area contributed by atoms with E-state index in [0.717, 1.165) is 24.0 Å². The fraction of sp³-hybridized carbons (Fsp3) is 0.238. The highest BCUT2D eigenvalue weighted by molar-refractivity contribution is 6.15. The monoisotopic (exact) mass is 377 g/mol. The first-order chi connectivity index (χ1) is 13.7. The number of carbonyl (C=O) groups excluding carboxylic acids is 1. The molecule has 7 heteroatoms.